The Balaban J connectivity index is 1.93. The van der Waals surface area contributed by atoms with Gasteiger partial charge in [-0.15, -0.1) is 0 Å². The minimum atomic E-state index is -4.15. The number of benzene rings is 1. The number of para-hydroxylation sites is 1. The predicted molar refractivity (Wildman–Crippen MR) is 95.4 cm³/mol. The molecule has 0 unspecified atom stereocenters. The lowest BCUT2D eigenvalue weighted by Crippen LogP contribution is -2.21. The van der Waals surface area contributed by atoms with Gasteiger partial charge in [-0.2, -0.15) is 8.42 Å². The quantitative estimate of drug-likeness (QED) is 0.712. The average molecular weight is 372 g/mol. The molecule has 3 aromatic rings. The summed E-state index contributed by atoms with van der Waals surface area (Å²) < 4.78 is 32.7. The molecule has 0 radical (unpaired) electrons. The summed E-state index contributed by atoms with van der Waals surface area (Å²) in [5, 5.41) is 5.95. The number of rotatable bonds is 5. The normalized spacial score (nSPS) is 11.2. The molecule has 1 amide bonds. The lowest BCUT2D eigenvalue weighted by molar-refractivity contribution is 0.102. The zero-order valence-electron chi connectivity index (χ0n) is 14.1. The highest BCUT2D eigenvalue weighted by atomic mass is 32.2. The highest BCUT2D eigenvalue weighted by Crippen LogP contribution is 2.23. The molecule has 0 saturated carbocycles. The van der Waals surface area contributed by atoms with Crippen LogP contribution in [-0.4, -0.2) is 24.5 Å². The smallest absolute Gasteiger partial charge is 0.282 e. The van der Waals surface area contributed by atoms with Crippen LogP contribution < -0.4 is 10.0 Å². The summed E-state index contributed by atoms with van der Waals surface area (Å²) >= 11 is 0. The number of carbonyl (C=O) groups is 1. The summed E-state index contributed by atoms with van der Waals surface area (Å²) in [5.74, 6) is -0.599. The van der Waals surface area contributed by atoms with Gasteiger partial charge >= 0.3 is 0 Å². The summed E-state index contributed by atoms with van der Waals surface area (Å²) in [6, 6.07) is 11.6. The number of anilines is 2. The summed E-state index contributed by atoms with van der Waals surface area (Å²) in [5.41, 5.74) is 1.57. The van der Waals surface area contributed by atoms with Crippen LogP contribution in [0.4, 0.5) is 11.6 Å². The van der Waals surface area contributed by atoms with Crippen LogP contribution in [-0.2, 0) is 10.0 Å². The number of amides is 1. The molecule has 0 atom stereocenters. The van der Waals surface area contributed by atoms with Gasteiger partial charge in [0, 0.05) is 17.4 Å². The van der Waals surface area contributed by atoms with E-state index in [1.807, 2.05) is 0 Å². The van der Waals surface area contributed by atoms with Crippen molar-refractivity contribution < 1.29 is 17.7 Å². The second-order valence-corrected chi connectivity index (χ2v) is 7.10. The predicted octanol–water partition coefficient (Wildman–Crippen LogP) is 2.74. The van der Waals surface area contributed by atoms with E-state index < -0.39 is 21.0 Å². The fraction of sp³-hybridized carbons (Fsp3) is 0.118. The van der Waals surface area contributed by atoms with Crippen LogP contribution in [0.5, 0.6) is 0 Å². The number of pyridine rings is 1. The largest absolute Gasteiger partial charge is 0.337 e. The number of sulfonamides is 1. The molecular weight excluding hydrogens is 356 g/mol. The van der Waals surface area contributed by atoms with Crippen molar-refractivity contribution in [3.63, 3.8) is 0 Å². The number of aromatic nitrogens is 2. The summed E-state index contributed by atoms with van der Waals surface area (Å²) in [4.78, 5) is 16.4. The first kappa shape index (κ1) is 17.6. The van der Waals surface area contributed by atoms with Crippen LogP contribution in [0.1, 0.15) is 21.6 Å². The first-order valence-electron chi connectivity index (χ1n) is 7.65. The van der Waals surface area contributed by atoms with E-state index in [0.717, 1.165) is 0 Å². The molecule has 0 bridgehead atoms. The summed E-state index contributed by atoms with van der Waals surface area (Å²) in [6.45, 7) is 3.36. The molecule has 134 valence electrons. The van der Waals surface area contributed by atoms with E-state index in [2.05, 4.69) is 20.2 Å². The third kappa shape index (κ3) is 3.57. The van der Waals surface area contributed by atoms with Crippen LogP contribution in [0.15, 0.2) is 58.2 Å². The van der Waals surface area contributed by atoms with Gasteiger partial charge in [0.2, 0.25) is 5.88 Å². The number of aryl methyl sites for hydroxylation is 1. The van der Waals surface area contributed by atoms with Crippen molar-refractivity contribution in [2.24, 2.45) is 0 Å². The molecule has 0 spiro atoms. The maximum atomic E-state index is 12.7. The molecule has 3 rings (SSSR count). The Hall–Kier alpha value is -3.20. The van der Waals surface area contributed by atoms with Gasteiger partial charge in [-0.3, -0.25) is 4.79 Å². The van der Waals surface area contributed by atoms with Crippen LogP contribution in [0.2, 0.25) is 0 Å². The highest BCUT2D eigenvalue weighted by molar-refractivity contribution is 7.92. The monoisotopic (exact) mass is 372 g/mol. The second kappa shape index (κ2) is 6.96. The fourth-order valence-electron chi connectivity index (χ4n) is 2.18. The third-order valence-corrected chi connectivity index (χ3v) is 4.97. The molecular formula is C17H16N4O4S. The van der Waals surface area contributed by atoms with Crippen molar-refractivity contribution in [2.75, 3.05) is 10.0 Å². The minimum Gasteiger partial charge on any atom is -0.337 e. The Kier molecular flexibility index (Phi) is 4.72. The van der Waals surface area contributed by atoms with E-state index in [1.165, 1.54) is 18.3 Å². The van der Waals surface area contributed by atoms with Crippen molar-refractivity contribution in [2.45, 2.75) is 18.9 Å². The molecule has 0 aliphatic heterocycles. The molecule has 2 aromatic heterocycles. The van der Waals surface area contributed by atoms with Crippen molar-refractivity contribution in [3.8, 4) is 0 Å². The molecule has 2 N–H and O–H groups in total. The van der Waals surface area contributed by atoms with Gasteiger partial charge in [0.1, 0.15) is 0 Å². The van der Waals surface area contributed by atoms with Gasteiger partial charge in [0.15, 0.2) is 5.03 Å². The molecule has 2 heterocycles. The second-order valence-electron chi connectivity index (χ2n) is 5.50. The number of nitrogens with one attached hydrogen (secondary N) is 2. The average Bonchev–Trinajstić information content (AvgIpc) is 2.94. The fourth-order valence-corrected chi connectivity index (χ4v) is 3.36. The molecule has 0 saturated heterocycles. The van der Waals surface area contributed by atoms with Crippen LogP contribution >= 0.6 is 0 Å². The van der Waals surface area contributed by atoms with Crippen molar-refractivity contribution in [1.29, 1.82) is 0 Å². The number of hydrogen-bond donors (Lipinski definition) is 2. The zero-order chi connectivity index (χ0) is 18.7. The SMILES string of the molecule is Cc1noc(NS(=O)(=O)c2ncccc2C(=O)Nc2ccccc2)c1C. The summed E-state index contributed by atoms with van der Waals surface area (Å²) in [7, 11) is -4.15. The lowest BCUT2D eigenvalue weighted by Gasteiger charge is -2.10. The van der Waals surface area contributed by atoms with Gasteiger partial charge in [0.05, 0.1) is 11.3 Å². The van der Waals surface area contributed by atoms with E-state index in [9.17, 15) is 13.2 Å². The maximum Gasteiger partial charge on any atom is 0.282 e. The molecule has 0 aliphatic rings. The van der Waals surface area contributed by atoms with Crippen LogP contribution in [0, 0.1) is 13.8 Å². The van der Waals surface area contributed by atoms with Crippen LogP contribution in [0.3, 0.4) is 0 Å². The first-order valence-corrected chi connectivity index (χ1v) is 9.14. The molecule has 9 heteroatoms. The molecule has 1 aromatic carbocycles. The van der Waals surface area contributed by atoms with Crippen LogP contribution in [0.25, 0.3) is 0 Å². The number of hydrogen-bond acceptors (Lipinski definition) is 6. The molecule has 0 aliphatic carbocycles. The van der Waals surface area contributed by atoms with Gasteiger partial charge < -0.3 is 9.84 Å². The molecule has 26 heavy (non-hydrogen) atoms. The molecule has 8 nitrogen and oxygen atoms in total. The zero-order valence-corrected chi connectivity index (χ0v) is 14.9. The Morgan fingerprint density at radius 3 is 2.46 bits per heavy atom. The van der Waals surface area contributed by atoms with Crippen molar-refractivity contribution in [1.82, 2.24) is 10.1 Å². The Bertz CT molecular complexity index is 1050. The van der Waals surface area contributed by atoms with E-state index in [-0.39, 0.29) is 11.4 Å². The maximum absolute atomic E-state index is 12.7. The van der Waals surface area contributed by atoms with Gasteiger partial charge in [-0.05, 0) is 38.1 Å². The minimum absolute atomic E-state index is 0.0115. The van der Waals surface area contributed by atoms with Crippen molar-refractivity contribution in [3.05, 3.63) is 65.5 Å². The Labute approximate surface area is 150 Å². The van der Waals surface area contributed by atoms with E-state index in [1.54, 1.807) is 44.2 Å². The number of nitrogens with zero attached hydrogens (tertiary/aromatic N) is 2. The van der Waals surface area contributed by atoms with Crippen molar-refractivity contribution >= 4 is 27.5 Å². The van der Waals surface area contributed by atoms with E-state index in [4.69, 9.17) is 4.52 Å². The van der Waals surface area contributed by atoms with E-state index in [0.29, 0.717) is 16.9 Å². The van der Waals surface area contributed by atoms with Gasteiger partial charge in [-0.25, -0.2) is 9.71 Å². The van der Waals surface area contributed by atoms with Gasteiger partial charge in [0.25, 0.3) is 15.9 Å². The molecule has 0 fully saturated rings. The highest BCUT2D eigenvalue weighted by Gasteiger charge is 2.26. The number of carbonyl (C=O) groups excluding carboxylic acids is 1. The first-order chi connectivity index (χ1) is 12.4. The summed E-state index contributed by atoms with van der Waals surface area (Å²) in [6.07, 6.45) is 1.30. The van der Waals surface area contributed by atoms with E-state index >= 15 is 0 Å². The topological polar surface area (TPSA) is 114 Å². The van der Waals surface area contributed by atoms with Gasteiger partial charge in [-0.1, -0.05) is 23.4 Å². The lowest BCUT2D eigenvalue weighted by atomic mass is 10.2. The Morgan fingerprint density at radius 1 is 1.08 bits per heavy atom. The Morgan fingerprint density at radius 2 is 1.81 bits per heavy atom. The standard InChI is InChI=1S/C17H16N4O4S/c1-11-12(2)20-25-16(11)21-26(23,24)17-14(9-6-10-18-17)15(22)19-13-7-4-3-5-8-13/h3-10,21H,1-2H3,(H,19,22). The third-order valence-electron chi connectivity index (χ3n) is 3.69.